The molecule has 0 bridgehead atoms. The first-order valence-corrected chi connectivity index (χ1v) is 10.6. The van der Waals surface area contributed by atoms with Crippen LogP contribution in [-0.2, 0) is 21.2 Å². The molecule has 0 fully saturated rings. The molecule has 0 spiro atoms. The molecule has 1 aliphatic carbocycles. The number of nitrogens with two attached hydrogens (primary N) is 1. The number of likely N-dealkylation sites (N-methyl/N-ethyl adjacent to an activating group) is 1. The molecule has 4 rings (SSSR count). The van der Waals surface area contributed by atoms with Crippen molar-refractivity contribution in [1.29, 1.82) is 0 Å². The van der Waals surface area contributed by atoms with Gasteiger partial charge in [-0.3, -0.25) is 4.79 Å². The summed E-state index contributed by atoms with van der Waals surface area (Å²) in [5.41, 5.74) is 9.39. The predicted octanol–water partition coefficient (Wildman–Crippen LogP) is 2.27. The largest absolute Gasteiger partial charge is 0.399 e. The van der Waals surface area contributed by atoms with E-state index in [9.17, 15) is 13.2 Å². The van der Waals surface area contributed by atoms with E-state index in [4.69, 9.17) is 5.73 Å². The fourth-order valence-electron chi connectivity index (χ4n) is 3.88. The zero-order valence-electron chi connectivity index (χ0n) is 16.0. The molecule has 0 aromatic heterocycles. The van der Waals surface area contributed by atoms with Crippen LogP contribution < -0.4 is 11.1 Å². The van der Waals surface area contributed by atoms with E-state index in [0.29, 0.717) is 11.4 Å². The predicted molar refractivity (Wildman–Crippen MR) is 115 cm³/mol. The molecular formula is C20H23ClN4O3S. The molecule has 1 amide bonds. The highest BCUT2D eigenvalue weighted by Gasteiger charge is 2.31. The topological polar surface area (TPSA) is 105 Å². The van der Waals surface area contributed by atoms with Gasteiger partial charge in [0.15, 0.2) is 5.84 Å². The second kappa shape index (κ2) is 8.04. The van der Waals surface area contributed by atoms with Crippen LogP contribution in [0.1, 0.15) is 35.6 Å². The van der Waals surface area contributed by atoms with Gasteiger partial charge in [0.25, 0.3) is 10.0 Å². The number of nitrogens with zero attached hydrogens (tertiary/aromatic N) is 2. The van der Waals surface area contributed by atoms with Gasteiger partial charge in [-0.15, -0.1) is 16.8 Å². The van der Waals surface area contributed by atoms with Gasteiger partial charge in [-0.2, -0.15) is 8.42 Å². The molecular weight excluding hydrogens is 412 g/mol. The number of nitrogens with one attached hydrogen (secondary N) is 1. The number of halogens is 1. The number of carbonyl (C=O) groups is 1. The normalized spacial score (nSPS) is 18.7. The van der Waals surface area contributed by atoms with Crippen molar-refractivity contribution in [3.63, 3.8) is 0 Å². The number of amides is 1. The number of fused-ring (bicyclic) bond motifs is 2. The van der Waals surface area contributed by atoms with Crippen LogP contribution in [0, 0.1) is 0 Å². The second-order valence-electron chi connectivity index (χ2n) is 7.21. The van der Waals surface area contributed by atoms with Crippen LogP contribution >= 0.6 is 12.4 Å². The van der Waals surface area contributed by atoms with E-state index in [1.807, 2.05) is 18.2 Å². The molecule has 9 heteroatoms. The Hall–Kier alpha value is -2.58. The minimum atomic E-state index is -3.70. The average Bonchev–Trinajstić information content (AvgIpc) is 2.93. The highest BCUT2D eigenvalue weighted by Crippen LogP contribution is 2.31. The van der Waals surface area contributed by atoms with Gasteiger partial charge in [-0.25, -0.2) is 0 Å². The summed E-state index contributed by atoms with van der Waals surface area (Å²) in [7, 11) is -2.03. The van der Waals surface area contributed by atoms with Crippen molar-refractivity contribution < 1.29 is 13.2 Å². The first-order valence-electron chi connectivity index (χ1n) is 9.18. The third-order valence-electron chi connectivity index (χ3n) is 5.17. The van der Waals surface area contributed by atoms with Crippen LogP contribution in [0.3, 0.4) is 0 Å². The zero-order valence-corrected chi connectivity index (χ0v) is 17.6. The van der Waals surface area contributed by atoms with Crippen LogP contribution in [0.4, 0.5) is 5.69 Å². The van der Waals surface area contributed by atoms with E-state index in [-0.39, 0.29) is 35.8 Å². The lowest BCUT2D eigenvalue weighted by Gasteiger charge is -2.28. The Morgan fingerprint density at radius 2 is 2.03 bits per heavy atom. The van der Waals surface area contributed by atoms with Gasteiger partial charge in [-0.05, 0) is 54.7 Å². The second-order valence-corrected chi connectivity index (χ2v) is 8.79. The van der Waals surface area contributed by atoms with Crippen molar-refractivity contribution in [3.05, 3.63) is 59.2 Å². The van der Waals surface area contributed by atoms with E-state index >= 15 is 0 Å². The third-order valence-corrected chi connectivity index (χ3v) is 6.50. The van der Waals surface area contributed by atoms with Gasteiger partial charge < -0.3 is 16.0 Å². The summed E-state index contributed by atoms with van der Waals surface area (Å²) in [5, 5.41) is 3.07. The lowest BCUT2D eigenvalue weighted by Crippen LogP contribution is -2.40. The molecule has 1 atom stereocenters. The van der Waals surface area contributed by atoms with Gasteiger partial charge in [0.1, 0.15) is 4.90 Å². The fraction of sp³-hybridized carbons (Fsp3) is 0.300. The number of hydrogen-bond acceptors (Lipinski definition) is 5. The van der Waals surface area contributed by atoms with Crippen molar-refractivity contribution in [1.82, 2.24) is 10.2 Å². The van der Waals surface area contributed by atoms with Crippen LogP contribution in [0.2, 0.25) is 0 Å². The fourth-order valence-corrected chi connectivity index (χ4v) is 5.13. The van der Waals surface area contributed by atoms with E-state index in [0.717, 1.165) is 30.5 Å². The van der Waals surface area contributed by atoms with E-state index in [1.165, 1.54) is 11.6 Å². The van der Waals surface area contributed by atoms with Crippen molar-refractivity contribution in [2.75, 3.05) is 19.3 Å². The Bertz CT molecular complexity index is 1080. The zero-order chi connectivity index (χ0) is 19.9. The summed E-state index contributed by atoms with van der Waals surface area (Å²) < 4.78 is 28.3. The quantitative estimate of drug-likeness (QED) is 0.721. The molecule has 1 unspecified atom stereocenters. The van der Waals surface area contributed by atoms with Crippen LogP contribution in [0.5, 0.6) is 0 Å². The van der Waals surface area contributed by atoms with Crippen LogP contribution in [-0.4, -0.2) is 38.7 Å². The summed E-state index contributed by atoms with van der Waals surface area (Å²) in [4.78, 5) is 14.4. The minimum Gasteiger partial charge on any atom is -0.399 e. The maximum atomic E-state index is 12.6. The van der Waals surface area contributed by atoms with Crippen LogP contribution in [0.25, 0.3) is 0 Å². The number of carbonyl (C=O) groups excluding carboxylic acids is 1. The van der Waals surface area contributed by atoms with Crippen molar-refractivity contribution in [3.8, 4) is 0 Å². The summed E-state index contributed by atoms with van der Waals surface area (Å²) in [5.74, 6) is 0.115. The van der Waals surface area contributed by atoms with Gasteiger partial charge in [0.2, 0.25) is 5.91 Å². The molecule has 7 nitrogen and oxygen atoms in total. The van der Waals surface area contributed by atoms with E-state index < -0.39 is 10.0 Å². The third kappa shape index (κ3) is 4.09. The number of anilines is 1. The highest BCUT2D eigenvalue weighted by molar-refractivity contribution is 7.90. The Morgan fingerprint density at radius 3 is 2.83 bits per heavy atom. The Balaban J connectivity index is 0.00000240. The summed E-state index contributed by atoms with van der Waals surface area (Å²) in [6, 6.07) is 12.4. The SMILES string of the molecule is CN(CC(=O)NC1CCCc2cc(N)ccc21)C1=NS(=O)(=O)c2ccccc21.Cl. The van der Waals surface area contributed by atoms with Crippen molar-refractivity contribution in [2.45, 2.75) is 30.2 Å². The maximum absolute atomic E-state index is 12.6. The smallest absolute Gasteiger partial charge is 0.285 e. The standard InChI is InChI=1S/C20H22N4O3S.ClH/c1-24(20-16-6-2-3-8-18(16)28(26,27)23-20)12-19(25)22-17-7-4-5-13-11-14(21)9-10-15(13)17;/h2-3,6,8-11,17H,4-5,7,12,21H2,1H3,(H,22,25);1H. The van der Waals surface area contributed by atoms with Gasteiger partial charge in [-0.1, -0.05) is 18.2 Å². The monoisotopic (exact) mass is 434 g/mol. The number of aryl methyl sites for hydroxylation is 1. The van der Waals surface area contributed by atoms with E-state index in [2.05, 4.69) is 9.71 Å². The molecule has 2 aromatic rings. The first-order chi connectivity index (χ1) is 13.3. The molecule has 29 heavy (non-hydrogen) atoms. The lowest BCUT2D eigenvalue weighted by atomic mass is 9.87. The summed E-state index contributed by atoms with van der Waals surface area (Å²) >= 11 is 0. The highest BCUT2D eigenvalue weighted by atomic mass is 35.5. The molecule has 0 radical (unpaired) electrons. The summed E-state index contributed by atoms with van der Waals surface area (Å²) in [6.07, 6.45) is 2.80. The molecule has 0 saturated carbocycles. The Morgan fingerprint density at radius 1 is 1.28 bits per heavy atom. The number of sulfonamides is 1. The van der Waals surface area contributed by atoms with Gasteiger partial charge in [0, 0.05) is 18.3 Å². The number of rotatable bonds is 3. The van der Waals surface area contributed by atoms with Gasteiger partial charge >= 0.3 is 0 Å². The molecule has 2 aromatic carbocycles. The maximum Gasteiger partial charge on any atom is 0.285 e. The Labute approximate surface area is 176 Å². The first kappa shape index (κ1) is 21.1. The number of nitrogen functional groups attached to an aromatic ring is 1. The number of amidine groups is 1. The molecule has 1 heterocycles. The molecule has 154 valence electrons. The van der Waals surface area contributed by atoms with Gasteiger partial charge in [0.05, 0.1) is 12.6 Å². The molecule has 1 aliphatic heterocycles. The summed E-state index contributed by atoms with van der Waals surface area (Å²) in [6.45, 7) is 0.0174. The number of hydrogen-bond donors (Lipinski definition) is 2. The molecule has 0 saturated heterocycles. The lowest BCUT2D eigenvalue weighted by molar-refractivity contribution is -0.122. The van der Waals surface area contributed by atoms with E-state index in [1.54, 1.807) is 30.1 Å². The minimum absolute atomic E-state index is 0. The molecule has 2 aliphatic rings. The van der Waals surface area contributed by atoms with Crippen molar-refractivity contribution >= 4 is 39.9 Å². The Kier molecular flexibility index (Phi) is 5.86. The van der Waals surface area contributed by atoms with Crippen molar-refractivity contribution in [2.24, 2.45) is 4.40 Å². The van der Waals surface area contributed by atoms with Crippen LogP contribution in [0.15, 0.2) is 51.8 Å². The number of benzene rings is 2. The average molecular weight is 435 g/mol. The molecule has 3 N–H and O–H groups in total.